The van der Waals surface area contributed by atoms with Crippen LogP contribution in [0.3, 0.4) is 0 Å². The minimum Gasteiger partial charge on any atom is -0.477 e. The summed E-state index contributed by atoms with van der Waals surface area (Å²) in [4.78, 5) is 32.3. The second-order valence-electron chi connectivity index (χ2n) is 6.03. The maximum absolute atomic E-state index is 11.9. The number of hydrogen-bond acceptors (Lipinski definition) is 5. The highest BCUT2D eigenvalue weighted by molar-refractivity contribution is 7.17. The fourth-order valence-electron chi connectivity index (χ4n) is 3.25. The van der Waals surface area contributed by atoms with Gasteiger partial charge >= 0.3 is 11.7 Å². The molecule has 0 fully saturated rings. The van der Waals surface area contributed by atoms with Gasteiger partial charge in [0.1, 0.15) is 0 Å². The van der Waals surface area contributed by atoms with Gasteiger partial charge in [-0.1, -0.05) is 26.3 Å². The van der Waals surface area contributed by atoms with Gasteiger partial charge in [-0.3, -0.25) is 9.38 Å². The lowest BCUT2D eigenvalue weighted by atomic mass is 10.1. The van der Waals surface area contributed by atoms with Crippen molar-refractivity contribution in [2.75, 3.05) is 0 Å². The number of carboxylic acid groups (broad SMARTS) is 1. The summed E-state index contributed by atoms with van der Waals surface area (Å²) >= 11 is 1.50. The molecular weight excluding hydrogens is 354 g/mol. The van der Waals surface area contributed by atoms with E-state index in [9.17, 15) is 14.7 Å². The Morgan fingerprint density at radius 1 is 1.38 bits per heavy atom. The van der Waals surface area contributed by atoms with E-state index in [1.807, 2.05) is 19.9 Å². The number of carbonyl (C=O) groups is 1. The molecule has 7 nitrogen and oxygen atoms in total. The molecule has 2 N–H and O–H groups in total. The zero-order valence-corrected chi connectivity index (χ0v) is 15.1. The maximum Gasteiger partial charge on any atom is 0.417 e. The van der Waals surface area contributed by atoms with Gasteiger partial charge in [0, 0.05) is 10.4 Å². The summed E-state index contributed by atoms with van der Waals surface area (Å²) in [5, 5.41) is 9.79. The highest BCUT2D eigenvalue weighted by Crippen LogP contribution is 2.35. The quantitative estimate of drug-likeness (QED) is 0.557. The molecule has 0 aliphatic carbocycles. The number of carboxylic acids is 1. The van der Waals surface area contributed by atoms with Crippen LogP contribution in [0, 0.1) is 0 Å². The van der Waals surface area contributed by atoms with Crippen LogP contribution in [-0.2, 0) is 12.8 Å². The van der Waals surface area contributed by atoms with E-state index in [1.54, 1.807) is 16.5 Å². The first kappa shape index (κ1) is 16.6. The Labute approximate surface area is 151 Å². The molecule has 134 valence electrons. The molecule has 8 heteroatoms. The average molecular weight is 371 g/mol. The summed E-state index contributed by atoms with van der Waals surface area (Å²) in [6.45, 7) is 4.02. The molecule has 0 bridgehead atoms. The van der Waals surface area contributed by atoms with Crippen LogP contribution in [0.2, 0.25) is 0 Å². The third-order valence-electron chi connectivity index (χ3n) is 4.33. The van der Waals surface area contributed by atoms with E-state index in [0.29, 0.717) is 28.2 Å². The van der Waals surface area contributed by atoms with Crippen LogP contribution in [0.25, 0.3) is 27.3 Å². The largest absolute Gasteiger partial charge is 0.477 e. The Kier molecular flexibility index (Phi) is 3.91. The van der Waals surface area contributed by atoms with Gasteiger partial charge in [0.05, 0.1) is 16.9 Å². The Hall–Kier alpha value is -2.87. The molecule has 1 aromatic carbocycles. The minimum atomic E-state index is -0.989. The van der Waals surface area contributed by atoms with E-state index in [2.05, 4.69) is 9.97 Å². The van der Waals surface area contributed by atoms with Gasteiger partial charge in [-0.2, -0.15) is 0 Å². The number of benzene rings is 1. The molecule has 4 aromatic rings. The Morgan fingerprint density at radius 2 is 2.19 bits per heavy atom. The van der Waals surface area contributed by atoms with Gasteiger partial charge in [0.25, 0.3) is 0 Å². The molecule has 3 aromatic heterocycles. The number of aromatic nitrogens is 3. The van der Waals surface area contributed by atoms with Crippen molar-refractivity contribution in [3.63, 3.8) is 0 Å². The summed E-state index contributed by atoms with van der Waals surface area (Å²) < 4.78 is 6.89. The second-order valence-corrected chi connectivity index (χ2v) is 7.10. The van der Waals surface area contributed by atoms with E-state index >= 15 is 0 Å². The second kappa shape index (κ2) is 6.14. The monoisotopic (exact) mass is 371 g/mol. The van der Waals surface area contributed by atoms with Gasteiger partial charge in [0.2, 0.25) is 0 Å². The summed E-state index contributed by atoms with van der Waals surface area (Å²) in [6.07, 6.45) is 2.19. The third-order valence-corrected chi connectivity index (χ3v) is 5.51. The Balaban J connectivity index is 2.05. The molecule has 0 atom stereocenters. The first-order chi connectivity index (χ1) is 12.5. The van der Waals surface area contributed by atoms with Crippen molar-refractivity contribution < 1.29 is 14.3 Å². The van der Waals surface area contributed by atoms with Crippen molar-refractivity contribution in [2.24, 2.45) is 0 Å². The zero-order valence-electron chi connectivity index (χ0n) is 14.3. The fraction of sp³-hybridized carbons (Fsp3) is 0.278. The molecule has 0 unspecified atom stereocenters. The van der Waals surface area contributed by atoms with Gasteiger partial charge in [-0.25, -0.2) is 14.6 Å². The highest BCUT2D eigenvalue weighted by atomic mass is 32.1. The van der Waals surface area contributed by atoms with Crippen molar-refractivity contribution in [1.82, 2.24) is 14.4 Å². The van der Waals surface area contributed by atoms with E-state index in [4.69, 9.17) is 4.42 Å². The van der Waals surface area contributed by atoms with Crippen LogP contribution < -0.4 is 5.76 Å². The number of nitrogens with zero attached hydrogens (tertiary/aromatic N) is 2. The summed E-state index contributed by atoms with van der Waals surface area (Å²) in [5.74, 6) is -1.50. The fourth-order valence-corrected chi connectivity index (χ4v) is 4.36. The zero-order chi connectivity index (χ0) is 18.4. The molecule has 0 spiro atoms. The number of oxazole rings is 1. The predicted octanol–water partition coefficient (Wildman–Crippen LogP) is 3.71. The number of thiazole rings is 1. The van der Waals surface area contributed by atoms with Crippen LogP contribution in [0.5, 0.6) is 0 Å². The molecule has 3 heterocycles. The minimum absolute atomic E-state index is 0.211. The molecule has 0 aliphatic rings. The number of imidazole rings is 1. The van der Waals surface area contributed by atoms with E-state index in [-0.39, 0.29) is 5.69 Å². The SMILES string of the molecule is CCCc1nc2sc(CC)c(-c3ccc4[nH]c(=O)oc4c3)n2c1C(=O)O. The molecule has 4 rings (SSSR count). The number of H-pyrrole nitrogens is 1. The lowest BCUT2D eigenvalue weighted by molar-refractivity contribution is 0.0688. The van der Waals surface area contributed by atoms with Crippen molar-refractivity contribution >= 4 is 33.4 Å². The van der Waals surface area contributed by atoms with Crippen molar-refractivity contribution in [3.8, 4) is 11.3 Å². The summed E-state index contributed by atoms with van der Waals surface area (Å²) in [5.41, 5.74) is 3.46. The van der Waals surface area contributed by atoms with E-state index in [1.165, 1.54) is 11.3 Å². The molecule has 26 heavy (non-hydrogen) atoms. The number of nitrogens with one attached hydrogen (secondary N) is 1. The van der Waals surface area contributed by atoms with Gasteiger partial charge in [-0.15, -0.1) is 11.3 Å². The number of aromatic carboxylic acids is 1. The molecule has 0 radical (unpaired) electrons. The van der Waals surface area contributed by atoms with E-state index < -0.39 is 11.7 Å². The standard InChI is InChI=1S/C18H17N3O4S/c1-3-5-11-15(16(22)23)21-14(13(4-2)26-17(21)19-11)9-6-7-10-12(8-9)25-18(24)20-10/h6-8H,3-5H2,1-2H3,(H,20,24)(H,22,23). The van der Waals surface area contributed by atoms with Crippen molar-refractivity contribution in [3.05, 3.63) is 45.0 Å². The smallest absolute Gasteiger partial charge is 0.417 e. The Morgan fingerprint density at radius 3 is 2.88 bits per heavy atom. The third kappa shape index (κ3) is 2.45. The Bertz CT molecular complexity index is 1190. The number of rotatable bonds is 5. The van der Waals surface area contributed by atoms with E-state index in [0.717, 1.165) is 29.0 Å². The van der Waals surface area contributed by atoms with Crippen molar-refractivity contribution in [2.45, 2.75) is 33.1 Å². The van der Waals surface area contributed by atoms with Crippen molar-refractivity contribution in [1.29, 1.82) is 0 Å². The highest BCUT2D eigenvalue weighted by Gasteiger charge is 2.25. The van der Waals surface area contributed by atoms with Crippen LogP contribution in [0.15, 0.2) is 27.4 Å². The molecule has 0 saturated heterocycles. The molecule has 0 saturated carbocycles. The lowest BCUT2D eigenvalue weighted by Gasteiger charge is -2.06. The number of aromatic amines is 1. The van der Waals surface area contributed by atoms with Crippen LogP contribution >= 0.6 is 11.3 Å². The predicted molar refractivity (Wildman–Crippen MR) is 99.2 cm³/mol. The number of aryl methyl sites for hydroxylation is 2. The lowest BCUT2D eigenvalue weighted by Crippen LogP contribution is -2.06. The van der Waals surface area contributed by atoms with Gasteiger partial charge < -0.3 is 9.52 Å². The molecular formula is C18H17N3O4S. The van der Waals surface area contributed by atoms with Crippen LogP contribution in [0.1, 0.15) is 41.3 Å². The first-order valence-electron chi connectivity index (χ1n) is 8.43. The first-order valence-corrected chi connectivity index (χ1v) is 9.24. The maximum atomic E-state index is 11.9. The number of hydrogen-bond donors (Lipinski definition) is 2. The summed E-state index contributed by atoms with van der Waals surface area (Å²) in [6, 6.07) is 5.39. The van der Waals surface area contributed by atoms with Gasteiger partial charge in [-0.05, 0) is 25.0 Å². The van der Waals surface area contributed by atoms with Crippen LogP contribution in [-0.4, -0.2) is 25.4 Å². The topological polar surface area (TPSA) is 101 Å². The summed E-state index contributed by atoms with van der Waals surface area (Å²) in [7, 11) is 0. The normalized spacial score (nSPS) is 11.6. The molecule has 0 amide bonds. The van der Waals surface area contributed by atoms with Crippen LogP contribution in [0.4, 0.5) is 0 Å². The molecule has 0 aliphatic heterocycles. The average Bonchev–Trinajstić information content (AvgIpc) is 3.23. The number of fused-ring (bicyclic) bond motifs is 2. The van der Waals surface area contributed by atoms with Gasteiger partial charge in [0.15, 0.2) is 16.2 Å².